The Kier molecular flexibility index (Phi) is 3.38. The van der Waals surface area contributed by atoms with E-state index in [1.165, 1.54) is 9.75 Å². The maximum Gasteiger partial charge on any atom is 0.171 e. The fourth-order valence-electron chi connectivity index (χ4n) is 1.80. The van der Waals surface area contributed by atoms with Crippen molar-refractivity contribution in [2.24, 2.45) is 7.05 Å². The van der Waals surface area contributed by atoms with Crippen molar-refractivity contribution in [1.29, 1.82) is 0 Å². The van der Waals surface area contributed by atoms with Gasteiger partial charge in [0.2, 0.25) is 0 Å². The highest BCUT2D eigenvalue weighted by molar-refractivity contribution is 7.11. The van der Waals surface area contributed by atoms with Crippen LogP contribution in [-0.2, 0) is 13.5 Å². The fraction of sp³-hybridized carbons (Fsp3) is 0.417. The second-order valence-corrected chi connectivity index (χ2v) is 5.74. The van der Waals surface area contributed by atoms with Gasteiger partial charge in [-0.3, -0.25) is 4.68 Å². The number of nitrogens with two attached hydrogens (primary N) is 1. The van der Waals surface area contributed by atoms with Crippen LogP contribution in [0.25, 0.3) is 0 Å². The molecule has 0 fully saturated rings. The van der Waals surface area contributed by atoms with Gasteiger partial charge < -0.3 is 11.1 Å². The van der Waals surface area contributed by atoms with E-state index in [0.717, 1.165) is 12.2 Å². The Bertz CT molecular complexity index is 500. The molecule has 92 valence electrons. The number of hydrogen-bond acceptors (Lipinski definition) is 4. The van der Waals surface area contributed by atoms with E-state index in [1.54, 1.807) is 4.68 Å². The molecule has 0 spiro atoms. The van der Waals surface area contributed by atoms with Crippen molar-refractivity contribution in [1.82, 2.24) is 9.78 Å². The van der Waals surface area contributed by atoms with Crippen LogP contribution in [0, 0.1) is 6.92 Å². The van der Waals surface area contributed by atoms with Gasteiger partial charge in [0.25, 0.3) is 0 Å². The first kappa shape index (κ1) is 12.0. The molecule has 2 aromatic rings. The first-order valence-corrected chi connectivity index (χ1v) is 6.47. The van der Waals surface area contributed by atoms with Crippen molar-refractivity contribution in [3.05, 3.63) is 28.1 Å². The Morgan fingerprint density at radius 3 is 2.82 bits per heavy atom. The summed E-state index contributed by atoms with van der Waals surface area (Å²) >= 11 is 1.84. The van der Waals surface area contributed by atoms with Gasteiger partial charge in [0.1, 0.15) is 0 Å². The lowest BCUT2D eigenvalue weighted by Crippen LogP contribution is -2.18. The first-order valence-electron chi connectivity index (χ1n) is 5.65. The van der Waals surface area contributed by atoms with E-state index in [0.29, 0.717) is 11.7 Å². The third-order valence-corrected chi connectivity index (χ3v) is 3.57. The molecule has 1 atom stereocenters. The number of rotatable bonds is 4. The zero-order valence-corrected chi connectivity index (χ0v) is 11.2. The third kappa shape index (κ3) is 3.00. The molecular formula is C12H18N4S. The van der Waals surface area contributed by atoms with E-state index < -0.39 is 0 Å². The Morgan fingerprint density at radius 2 is 2.29 bits per heavy atom. The highest BCUT2D eigenvalue weighted by Gasteiger charge is 2.09. The molecule has 0 aromatic carbocycles. The summed E-state index contributed by atoms with van der Waals surface area (Å²) in [7, 11) is 1.87. The molecule has 5 heteroatoms. The molecule has 2 rings (SSSR count). The van der Waals surface area contributed by atoms with Gasteiger partial charge in [0.15, 0.2) is 5.82 Å². The first-order chi connectivity index (χ1) is 8.04. The Morgan fingerprint density at radius 1 is 1.53 bits per heavy atom. The van der Waals surface area contributed by atoms with Crippen LogP contribution in [0.15, 0.2) is 18.3 Å². The Hall–Kier alpha value is -1.49. The molecule has 0 radical (unpaired) electrons. The SMILES string of the molecule is Cc1ccc(CC(C)Nc2nn(C)cc2N)s1. The van der Waals surface area contributed by atoms with Crippen LogP contribution >= 0.6 is 11.3 Å². The molecule has 2 aromatic heterocycles. The highest BCUT2D eigenvalue weighted by atomic mass is 32.1. The molecule has 0 aliphatic rings. The molecule has 0 aliphatic carbocycles. The minimum atomic E-state index is 0.324. The summed E-state index contributed by atoms with van der Waals surface area (Å²) in [6, 6.07) is 4.66. The van der Waals surface area contributed by atoms with Crippen LogP contribution in [0.2, 0.25) is 0 Å². The monoisotopic (exact) mass is 250 g/mol. The van der Waals surface area contributed by atoms with E-state index in [1.807, 2.05) is 24.6 Å². The summed E-state index contributed by atoms with van der Waals surface area (Å²) in [5, 5.41) is 7.62. The second kappa shape index (κ2) is 4.79. The van der Waals surface area contributed by atoms with Gasteiger partial charge in [-0.1, -0.05) is 0 Å². The van der Waals surface area contributed by atoms with Crippen LogP contribution in [-0.4, -0.2) is 15.8 Å². The summed E-state index contributed by atoms with van der Waals surface area (Å²) in [4.78, 5) is 2.74. The summed E-state index contributed by atoms with van der Waals surface area (Å²) in [6.07, 6.45) is 2.80. The van der Waals surface area contributed by atoms with Crippen LogP contribution in [0.3, 0.4) is 0 Å². The third-order valence-electron chi connectivity index (χ3n) is 2.54. The molecule has 1 unspecified atom stereocenters. The number of aryl methyl sites for hydroxylation is 2. The Balaban J connectivity index is 1.97. The zero-order chi connectivity index (χ0) is 12.4. The number of nitrogen functional groups attached to an aromatic ring is 1. The zero-order valence-electron chi connectivity index (χ0n) is 10.4. The lowest BCUT2D eigenvalue weighted by molar-refractivity contribution is 0.748. The standard InChI is InChI=1S/C12H18N4S/c1-8(6-10-5-4-9(2)17-10)14-12-11(13)7-16(3)15-12/h4-5,7-8H,6,13H2,1-3H3,(H,14,15). The lowest BCUT2D eigenvalue weighted by Gasteiger charge is -2.12. The van der Waals surface area contributed by atoms with E-state index in [-0.39, 0.29) is 0 Å². The maximum atomic E-state index is 5.84. The van der Waals surface area contributed by atoms with E-state index in [9.17, 15) is 0 Å². The molecule has 0 saturated heterocycles. The topological polar surface area (TPSA) is 55.9 Å². The average Bonchev–Trinajstić information content (AvgIpc) is 2.74. The van der Waals surface area contributed by atoms with Gasteiger partial charge in [-0.2, -0.15) is 5.10 Å². The lowest BCUT2D eigenvalue weighted by atomic mass is 10.2. The summed E-state index contributed by atoms with van der Waals surface area (Å²) in [5.74, 6) is 0.772. The van der Waals surface area contributed by atoms with Crippen LogP contribution in [0.1, 0.15) is 16.7 Å². The Labute approximate surface area is 105 Å². The van der Waals surface area contributed by atoms with Crippen molar-refractivity contribution in [2.75, 3.05) is 11.1 Å². The quantitative estimate of drug-likeness (QED) is 0.876. The van der Waals surface area contributed by atoms with Crippen molar-refractivity contribution in [3.8, 4) is 0 Å². The molecular weight excluding hydrogens is 232 g/mol. The predicted octanol–water partition coefficient (Wildman–Crippen LogP) is 2.42. The van der Waals surface area contributed by atoms with Gasteiger partial charge in [0, 0.05) is 35.5 Å². The molecule has 0 amide bonds. The number of hydrogen-bond donors (Lipinski definition) is 2. The largest absolute Gasteiger partial charge is 0.394 e. The molecule has 4 nitrogen and oxygen atoms in total. The maximum absolute atomic E-state index is 5.84. The fourth-order valence-corrected chi connectivity index (χ4v) is 2.82. The predicted molar refractivity (Wildman–Crippen MR) is 73.5 cm³/mol. The molecule has 2 heterocycles. The van der Waals surface area contributed by atoms with E-state index in [4.69, 9.17) is 5.73 Å². The molecule has 3 N–H and O–H groups in total. The van der Waals surface area contributed by atoms with Gasteiger partial charge in [-0.05, 0) is 26.0 Å². The van der Waals surface area contributed by atoms with Crippen LogP contribution in [0.4, 0.5) is 11.5 Å². The summed E-state index contributed by atoms with van der Waals surface area (Å²) < 4.78 is 1.72. The van der Waals surface area contributed by atoms with E-state index in [2.05, 4.69) is 36.4 Å². The van der Waals surface area contributed by atoms with E-state index >= 15 is 0 Å². The number of nitrogens with one attached hydrogen (secondary N) is 1. The van der Waals surface area contributed by atoms with Crippen LogP contribution < -0.4 is 11.1 Å². The van der Waals surface area contributed by atoms with Crippen LogP contribution in [0.5, 0.6) is 0 Å². The number of thiophene rings is 1. The second-order valence-electron chi connectivity index (χ2n) is 4.37. The normalized spacial score (nSPS) is 12.6. The van der Waals surface area contributed by atoms with Crippen molar-refractivity contribution in [3.63, 3.8) is 0 Å². The van der Waals surface area contributed by atoms with Gasteiger partial charge >= 0.3 is 0 Å². The van der Waals surface area contributed by atoms with Gasteiger partial charge in [-0.25, -0.2) is 0 Å². The number of nitrogens with zero attached hydrogens (tertiary/aromatic N) is 2. The van der Waals surface area contributed by atoms with Crippen molar-refractivity contribution < 1.29 is 0 Å². The minimum absolute atomic E-state index is 0.324. The van der Waals surface area contributed by atoms with Gasteiger partial charge in [0.05, 0.1) is 5.69 Å². The van der Waals surface area contributed by atoms with Crippen molar-refractivity contribution >= 4 is 22.8 Å². The summed E-state index contributed by atoms with van der Waals surface area (Å²) in [5.41, 5.74) is 6.54. The molecule has 17 heavy (non-hydrogen) atoms. The van der Waals surface area contributed by atoms with Crippen molar-refractivity contribution in [2.45, 2.75) is 26.3 Å². The number of aromatic nitrogens is 2. The average molecular weight is 250 g/mol. The molecule has 0 bridgehead atoms. The summed E-state index contributed by atoms with van der Waals surface area (Å²) in [6.45, 7) is 4.27. The smallest absolute Gasteiger partial charge is 0.171 e. The molecule has 0 aliphatic heterocycles. The highest BCUT2D eigenvalue weighted by Crippen LogP contribution is 2.20. The molecule has 0 saturated carbocycles. The minimum Gasteiger partial charge on any atom is -0.394 e. The van der Waals surface area contributed by atoms with Gasteiger partial charge in [-0.15, -0.1) is 11.3 Å². The number of anilines is 2.